The Hall–Kier alpha value is -2.89. The fraction of sp³-hybridized carbons (Fsp3) is 0.379. The van der Waals surface area contributed by atoms with Crippen LogP contribution in [0.25, 0.3) is 0 Å². The number of carbonyl (C=O) groups is 3. The number of thiazole rings is 1. The molecule has 206 valence electrons. The smallest absolute Gasteiger partial charge is 0.344 e. The second-order valence-electron chi connectivity index (χ2n) is 10.6. The Bertz CT molecular complexity index is 1590. The molecule has 7 atom stereocenters. The van der Waals surface area contributed by atoms with Crippen molar-refractivity contribution in [2.45, 2.75) is 29.5 Å². The number of anilines is 1. The number of aromatic amines is 1. The predicted molar refractivity (Wildman–Crippen MR) is 154 cm³/mol. The summed E-state index contributed by atoms with van der Waals surface area (Å²) in [5, 5.41) is 0.949. The van der Waals surface area contributed by atoms with Crippen molar-refractivity contribution < 1.29 is 23.9 Å². The molecule has 3 heterocycles. The van der Waals surface area contributed by atoms with E-state index in [4.69, 9.17) is 9.47 Å². The predicted octanol–water partition coefficient (Wildman–Crippen LogP) is 4.82. The van der Waals surface area contributed by atoms with Gasteiger partial charge in [0.2, 0.25) is 11.8 Å². The Kier molecular flexibility index (Phi) is 6.43. The van der Waals surface area contributed by atoms with Crippen LogP contribution in [-0.4, -0.2) is 41.2 Å². The number of rotatable bonds is 6. The minimum atomic E-state index is -0.438. The first-order valence-corrected chi connectivity index (χ1v) is 15.8. The lowest BCUT2D eigenvalue weighted by Crippen LogP contribution is -2.42. The highest BCUT2D eigenvalue weighted by atomic mass is 79.9. The molecule has 2 amide bonds. The lowest BCUT2D eigenvalue weighted by atomic mass is 9.68. The van der Waals surface area contributed by atoms with Gasteiger partial charge in [-0.15, -0.1) is 11.8 Å². The van der Waals surface area contributed by atoms with E-state index in [1.54, 1.807) is 36.9 Å². The van der Waals surface area contributed by atoms with Crippen molar-refractivity contribution in [1.82, 2.24) is 4.98 Å². The lowest BCUT2D eigenvalue weighted by molar-refractivity contribution is -0.145. The van der Waals surface area contributed by atoms with E-state index < -0.39 is 5.97 Å². The van der Waals surface area contributed by atoms with Gasteiger partial charge < -0.3 is 14.5 Å². The van der Waals surface area contributed by atoms with Crippen LogP contribution >= 0.6 is 39.0 Å². The maximum Gasteiger partial charge on any atom is 0.344 e. The number of hydrogen-bond donors (Lipinski definition) is 1. The summed E-state index contributed by atoms with van der Waals surface area (Å²) in [5.74, 6) is -0.827. The molecule has 4 unspecified atom stereocenters. The van der Waals surface area contributed by atoms with Crippen LogP contribution in [0.4, 0.5) is 5.69 Å². The van der Waals surface area contributed by atoms with Crippen molar-refractivity contribution in [2.24, 2.45) is 29.6 Å². The third-order valence-electron chi connectivity index (χ3n) is 8.69. The van der Waals surface area contributed by atoms with Crippen molar-refractivity contribution >= 4 is 62.5 Å². The molecule has 3 aromatic rings. The molecule has 7 rings (SSSR count). The van der Waals surface area contributed by atoms with Gasteiger partial charge in [-0.25, -0.2) is 4.79 Å². The number of halogens is 1. The summed E-state index contributed by atoms with van der Waals surface area (Å²) in [5.41, 5.74) is 1.58. The number of ether oxygens (including phenoxy) is 2. The second-order valence-corrected chi connectivity index (χ2v) is 13.7. The van der Waals surface area contributed by atoms with Gasteiger partial charge in [-0.3, -0.25) is 19.3 Å². The van der Waals surface area contributed by atoms with E-state index in [9.17, 15) is 19.2 Å². The molecule has 2 bridgehead atoms. The van der Waals surface area contributed by atoms with Gasteiger partial charge in [0.25, 0.3) is 0 Å². The molecule has 1 N–H and O–H groups in total. The monoisotopic (exact) mass is 640 g/mol. The summed E-state index contributed by atoms with van der Waals surface area (Å²) in [6.45, 7) is 1.84. The molecule has 1 aromatic heterocycles. The molecule has 0 radical (unpaired) electrons. The lowest BCUT2D eigenvalue weighted by Gasteiger charge is -2.43. The van der Waals surface area contributed by atoms with E-state index in [0.717, 1.165) is 26.4 Å². The molecule has 40 heavy (non-hydrogen) atoms. The van der Waals surface area contributed by atoms with E-state index in [0.29, 0.717) is 11.4 Å². The Morgan fingerprint density at radius 1 is 1.07 bits per heavy atom. The van der Waals surface area contributed by atoms with Crippen molar-refractivity contribution in [3.8, 4) is 5.75 Å². The number of thioether (sulfide) groups is 1. The Balaban J connectivity index is 1.25. The molecule has 3 fully saturated rings. The van der Waals surface area contributed by atoms with Gasteiger partial charge in [-0.1, -0.05) is 39.4 Å². The summed E-state index contributed by atoms with van der Waals surface area (Å²) in [6.07, 6.45) is 0.818. The van der Waals surface area contributed by atoms with Crippen LogP contribution in [0.3, 0.4) is 0 Å². The average Bonchev–Trinajstić information content (AvgIpc) is 3.67. The van der Waals surface area contributed by atoms with Gasteiger partial charge in [0.15, 0.2) is 6.61 Å². The van der Waals surface area contributed by atoms with Crippen LogP contribution in [0.1, 0.15) is 29.7 Å². The zero-order valence-corrected chi connectivity index (χ0v) is 24.6. The van der Waals surface area contributed by atoms with E-state index >= 15 is 0 Å². The fourth-order valence-corrected chi connectivity index (χ4v) is 10.5. The number of aromatic nitrogens is 1. The third-order valence-corrected chi connectivity index (χ3v) is 11.8. The van der Waals surface area contributed by atoms with Crippen LogP contribution in [0.15, 0.2) is 62.8 Å². The van der Waals surface area contributed by atoms with Crippen molar-refractivity contribution in [3.63, 3.8) is 0 Å². The molecular weight excluding hydrogens is 616 g/mol. The minimum absolute atomic E-state index is 0.0175. The van der Waals surface area contributed by atoms with Crippen LogP contribution in [0.5, 0.6) is 5.75 Å². The maximum absolute atomic E-state index is 13.9. The Morgan fingerprint density at radius 2 is 1.82 bits per heavy atom. The summed E-state index contributed by atoms with van der Waals surface area (Å²) < 4.78 is 11.6. The average molecular weight is 642 g/mol. The van der Waals surface area contributed by atoms with Crippen LogP contribution < -0.4 is 14.5 Å². The zero-order chi connectivity index (χ0) is 27.7. The van der Waals surface area contributed by atoms with Gasteiger partial charge in [0.1, 0.15) is 5.75 Å². The molecular formula is C29H25BrN2O6S2. The second kappa shape index (κ2) is 9.88. The van der Waals surface area contributed by atoms with Crippen molar-refractivity contribution in [1.29, 1.82) is 0 Å². The SMILES string of the molecule is CCOC(=O)COc1cccc([C@H]2c3sc(=O)[nH]c3SC3C2[C@H]2C[C@@H]3C3C(=O)N(c4ccc(Br)cc4)C(=O)C32)c1. The van der Waals surface area contributed by atoms with Crippen molar-refractivity contribution in [3.05, 3.63) is 73.1 Å². The number of H-pyrrole nitrogens is 1. The highest BCUT2D eigenvalue weighted by molar-refractivity contribution is 9.10. The molecule has 2 aromatic carbocycles. The molecule has 11 heteroatoms. The van der Waals surface area contributed by atoms with E-state index in [2.05, 4.69) is 20.9 Å². The van der Waals surface area contributed by atoms with Gasteiger partial charge >= 0.3 is 10.8 Å². The highest BCUT2D eigenvalue weighted by Gasteiger charge is 2.69. The van der Waals surface area contributed by atoms with Crippen LogP contribution in [0.2, 0.25) is 0 Å². The van der Waals surface area contributed by atoms with E-state index in [1.165, 1.54) is 16.2 Å². The normalized spacial score (nSPS) is 29.8. The molecule has 8 nitrogen and oxygen atoms in total. The maximum atomic E-state index is 13.9. The quantitative estimate of drug-likeness (QED) is 0.304. The van der Waals surface area contributed by atoms with Gasteiger partial charge in [0, 0.05) is 20.5 Å². The van der Waals surface area contributed by atoms with E-state index in [-0.39, 0.29) is 70.7 Å². The zero-order valence-electron chi connectivity index (χ0n) is 21.4. The number of carbonyl (C=O) groups excluding carboxylic acids is 3. The van der Waals surface area contributed by atoms with Crippen molar-refractivity contribution in [2.75, 3.05) is 18.1 Å². The summed E-state index contributed by atoms with van der Waals surface area (Å²) >= 11 is 6.30. The van der Waals surface area contributed by atoms with Gasteiger partial charge in [-0.05, 0) is 73.1 Å². The summed E-state index contributed by atoms with van der Waals surface area (Å²) in [7, 11) is 0. The molecule has 2 aliphatic heterocycles. The molecule has 2 saturated carbocycles. The van der Waals surface area contributed by atoms with Crippen LogP contribution in [0, 0.1) is 29.6 Å². The number of imide groups is 1. The number of nitrogens with one attached hydrogen (secondary N) is 1. The highest BCUT2D eigenvalue weighted by Crippen LogP contribution is 2.68. The van der Waals surface area contributed by atoms with Crippen LogP contribution in [-0.2, 0) is 19.1 Å². The number of benzene rings is 2. The number of amides is 2. The first-order valence-electron chi connectivity index (χ1n) is 13.3. The molecule has 0 spiro atoms. The standard InChI is InChI=1S/C29H25BrN2O6S2/c1-2-37-19(33)12-38-16-5-3-4-13(10-16)20-21-17-11-18(24(21)39-26-25(20)40-29(36)31-26)23-22(17)27(34)32(28(23)35)15-8-6-14(30)7-9-15/h3-10,17-18,20-24H,2,11-12H2,1H3,(H,31,36)/t17-,18-,20-,21?,22?,23?,24?/m1/s1. The molecule has 2 aliphatic carbocycles. The largest absolute Gasteiger partial charge is 0.482 e. The molecule has 1 saturated heterocycles. The number of nitrogens with zero attached hydrogens (tertiary/aromatic N) is 1. The molecule has 4 aliphatic rings. The third kappa shape index (κ3) is 4.00. The summed E-state index contributed by atoms with van der Waals surface area (Å²) in [4.78, 5) is 57.2. The van der Waals surface area contributed by atoms with Gasteiger partial charge in [-0.2, -0.15) is 0 Å². The summed E-state index contributed by atoms with van der Waals surface area (Å²) in [6, 6.07) is 14.9. The Labute approximate surface area is 246 Å². The Morgan fingerprint density at radius 3 is 2.58 bits per heavy atom. The number of fused-ring (bicyclic) bond motifs is 9. The first-order chi connectivity index (χ1) is 19.4. The van der Waals surface area contributed by atoms with E-state index in [1.807, 2.05) is 30.3 Å². The number of esters is 1. The first kappa shape index (κ1) is 26.0. The topological polar surface area (TPSA) is 106 Å². The fourth-order valence-electron chi connectivity index (χ4n) is 7.38. The minimum Gasteiger partial charge on any atom is -0.482 e. The number of hydrogen-bond acceptors (Lipinski definition) is 8. The van der Waals surface area contributed by atoms with Gasteiger partial charge in [0.05, 0.1) is 29.2 Å².